The minimum absolute atomic E-state index is 0.109. The third kappa shape index (κ3) is 1.29. The van der Waals surface area contributed by atoms with Crippen LogP contribution in [-0.4, -0.2) is 9.55 Å². The third-order valence-electron chi connectivity index (χ3n) is 4.07. The van der Waals surface area contributed by atoms with E-state index < -0.39 is 0 Å². The van der Waals surface area contributed by atoms with Gasteiger partial charge in [0, 0.05) is 10.9 Å². The van der Waals surface area contributed by atoms with Crippen LogP contribution in [0.25, 0.3) is 33.5 Å². The molecule has 5 rings (SSSR count). The topological polar surface area (TPSA) is 48.0 Å². The molecular weight excluding hydrogens is 264 g/mol. The Morgan fingerprint density at radius 3 is 2.81 bits per heavy atom. The average Bonchev–Trinajstić information content (AvgIpc) is 3.07. The maximum Gasteiger partial charge on any atom is 0.297 e. The first-order chi connectivity index (χ1) is 10.3. The Labute approximate surface area is 119 Å². The summed E-state index contributed by atoms with van der Waals surface area (Å²) in [4.78, 5) is 17.4. The second kappa shape index (κ2) is 3.61. The van der Waals surface area contributed by atoms with Crippen LogP contribution in [0.4, 0.5) is 0 Å². The number of rotatable bonds is 0. The summed E-state index contributed by atoms with van der Waals surface area (Å²) in [6.07, 6.45) is 0. The molecule has 0 N–H and O–H groups in total. The van der Waals surface area contributed by atoms with Crippen LogP contribution >= 0.6 is 0 Å². The van der Waals surface area contributed by atoms with Gasteiger partial charge in [0.2, 0.25) is 5.58 Å². The Balaban J connectivity index is 1.99. The summed E-state index contributed by atoms with van der Waals surface area (Å²) >= 11 is 0. The highest BCUT2D eigenvalue weighted by molar-refractivity contribution is 6.02. The van der Waals surface area contributed by atoms with Crippen LogP contribution in [-0.2, 0) is 6.54 Å². The summed E-state index contributed by atoms with van der Waals surface area (Å²) < 4.78 is 7.40. The van der Waals surface area contributed by atoms with E-state index >= 15 is 0 Å². The summed E-state index contributed by atoms with van der Waals surface area (Å²) in [5.41, 5.74) is 3.74. The molecule has 21 heavy (non-hydrogen) atoms. The van der Waals surface area contributed by atoms with Gasteiger partial charge in [-0.25, -0.2) is 4.98 Å². The van der Waals surface area contributed by atoms with E-state index in [0.29, 0.717) is 23.2 Å². The van der Waals surface area contributed by atoms with Crippen molar-refractivity contribution in [1.29, 1.82) is 0 Å². The van der Waals surface area contributed by atoms with E-state index in [-0.39, 0.29) is 5.56 Å². The van der Waals surface area contributed by atoms with Gasteiger partial charge in [0.15, 0.2) is 0 Å². The second-order valence-corrected chi connectivity index (χ2v) is 5.26. The van der Waals surface area contributed by atoms with Crippen molar-refractivity contribution < 1.29 is 4.42 Å². The largest absolute Gasteiger partial charge is 0.448 e. The Kier molecular flexibility index (Phi) is 1.86. The van der Waals surface area contributed by atoms with Crippen LogP contribution in [0.1, 0.15) is 5.56 Å². The Bertz CT molecular complexity index is 1090. The van der Waals surface area contributed by atoms with Crippen molar-refractivity contribution in [3.8, 4) is 11.4 Å². The van der Waals surface area contributed by atoms with E-state index in [2.05, 4.69) is 0 Å². The van der Waals surface area contributed by atoms with Gasteiger partial charge in [-0.2, -0.15) is 0 Å². The molecule has 2 aromatic heterocycles. The quantitative estimate of drug-likeness (QED) is 0.436. The number of para-hydroxylation sites is 1. The van der Waals surface area contributed by atoms with E-state index in [1.807, 2.05) is 48.5 Å². The van der Waals surface area contributed by atoms with Crippen molar-refractivity contribution in [2.45, 2.75) is 6.54 Å². The lowest BCUT2D eigenvalue weighted by atomic mass is 10.1. The minimum atomic E-state index is -0.109. The number of fused-ring (bicyclic) bond motifs is 6. The zero-order valence-electron chi connectivity index (χ0n) is 11.0. The van der Waals surface area contributed by atoms with Crippen LogP contribution in [0.3, 0.4) is 0 Å². The molecule has 1 aliphatic rings. The lowest BCUT2D eigenvalue weighted by Crippen LogP contribution is -2.19. The van der Waals surface area contributed by atoms with Gasteiger partial charge >= 0.3 is 0 Å². The number of aromatic nitrogens is 2. The van der Waals surface area contributed by atoms with Gasteiger partial charge in [-0.15, -0.1) is 0 Å². The summed E-state index contributed by atoms with van der Waals surface area (Å²) in [6, 6.07) is 15.6. The fourth-order valence-electron chi connectivity index (χ4n) is 3.07. The van der Waals surface area contributed by atoms with Crippen LogP contribution in [0.2, 0.25) is 0 Å². The van der Waals surface area contributed by atoms with E-state index in [9.17, 15) is 4.79 Å². The summed E-state index contributed by atoms with van der Waals surface area (Å²) in [5, 5.41) is 0.886. The highest BCUT2D eigenvalue weighted by atomic mass is 16.3. The van der Waals surface area contributed by atoms with Gasteiger partial charge < -0.3 is 4.42 Å². The van der Waals surface area contributed by atoms with Crippen LogP contribution in [0.5, 0.6) is 0 Å². The third-order valence-corrected chi connectivity index (χ3v) is 4.07. The number of furan rings is 1. The molecule has 0 radical (unpaired) electrons. The van der Waals surface area contributed by atoms with Crippen LogP contribution in [0, 0.1) is 0 Å². The van der Waals surface area contributed by atoms with E-state index in [0.717, 1.165) is 22.3 Å². The van der Waals surface area contributed by atoms with Crippen molar-refractivity contribution in [2.75, 3.05) is 0 Å². The Hall–Kier alpha value is -2.88. The Morgan fingerprint density at radius 1 is 1.05 bits per heavy atom. The molecule has 0 saturated carbocycles. The van der Waals surface area contributed by atoms with E-state index in [1.165, 1.54) is 0 Å². The van der Waals surface area contributed by atoms with Gasteiger partial charge in [-0.3, -0.25) is 9.36 Å². The highest BCUT2D eigenvalue weighted by Gasteiger charge is 2.24. The standard InChI is InChI=1S/C17H10N2O2/c20-17-15-14(12-7-3-4-8-13(12)21-15)18-16-11-6-2-1-5-10(11)9-19(16)17/h1-8H,9H2. The van der Waals surface area contributed by atoms with Crippen LogP contribution in [0.15, 0.2) is 57.7 Å². The number of nitrogens with zero attached hydrogens (tertiary/aromatic N) is 2. The molecule has 0 bridgehead atoms. The zero-order chi connectivity index (χ0) is 14.0. The number of hydrogen-bond acceptors (Lipinski definition) is 3. The van der Waals surface area contributed by atoms with Crippen molar-refractivity contribution >= 4 is 22.1 Å². The molecule has 0 spiro atoms. The van der Waals surface area contributed by atoms with Gasteiger partial charge in [-0.1, -0.05) is 36.4 Å². The predicted molar refractivity (Wildman–Crippen MR) is 80.3 cm³/mol. The molecule has 3 heterocycles. The smallest absolute Gasteiger partial charge is 0.297 e. The van der Waals surface area contributed by atoms with Gasteiger partial charge in [0.25, 0.3) is 5.56 Å². The molecule has 0 atom stereocenters. The first-order valence-electron chi connectivity index (χ1n) is 6.83. The molecule has 0 saturated heterocycles. The van der Waals surface area contributed by atoms with Gasteiger partial charge in [0.05, 0.1) is 6.54 Å². The maximum atomic E-state index is 12.7. The number of hydrogen-bond donors (Lipinski definition) is 0. The fraction of sp³-hybridized carbons (Fsp3) is 0.0588. The summed E-state index contributed by atoms with van der Waals surface area (Å²) in [7, 11) is 0. The second-order valence-electron chi connectivity index (χ2n) is 5.26. The molecule has 2 aromatic carbocycles. The molecule has 100 valence electrons. The normalized spacial score (nSPS) is 12.8. The van der Waals surface area contributed by atoms with Gasteiger partial charge in [0.1, 0.15) is 16.9 Å². The van der Waals surface area contributed by atoms with Crippen molar-refractivity contribution in [3.63, 3.8) is 0 Å². The molecule has 0 amide bonds. The molecule has 4 aromatic rings. The molecule has 0 fully saturated rings. The van der Waals surface area contributed by atoms with E-state index in [1.54, 1.807) is 4.57 Å². The number of benzene rings is 2. The Morgan fingerprint density at radius 2 is 1.86 bits per heavy atom. The first kappa shape index (κ1) is 10.9. The molecule has 1 aliphatic heterocycles. The molecular formula is C17H10N2O2. The first-order valence-corrected chi connectivity index (χ1v) is 6.83. The summed E-state index contributed by atoms with van der Waals surface area (Å²) in [5.74, 6) is 0.731. The summed E-state index contributed by atoms with van der Waals surface area (Å²) in [6.45, 7) is 0.560. The van der Waals surface area contributed by atoms with Gasteiger partial charge in [-0.05, 0) is 17.7 Å². The SMILES string of the molecule is O=c1c2oc3ccccc3c2nc2n1Cc1ccccc1-2. The van der Waals surface area contributed by atoms with Crippen molar-refractivity contribution in [1.82, 2.24) is 9.55 Å². The molecule has 0 aliphatic carbocycles. The lowest BCUT2D eigenvalue weighted by Gasteiger charge is -2.01. The van der Waals surface area contributed by atoms with Crippen LogP contribution < -0.4 is 5.56 Å². The van der Waals surface area contributed by atoms with Crippen molar-refractivity contribution in [3.05, 3.63) is 64.4 Å². The molecule has 4 nitrogen and oxygen atoms in total. The van der Waals surface area contributed by atoms with Crippen molar-refractivity contribution in [2.24, 2.45) is 0 Å². The van der Waals surface area contributed by atoms with E-state index in [4.69, 9.17) is 9.40 Å². The molecule has 4 heteroatoms. The lowest BCUT2D eigenvalue weighted by molar-refractivity contribution is 0.649. The predicted octanol–water partition coefficient (Wildman–Crippen LogP) is 3.17. The average molecular weight is 274 g/mol. The molecule has 0 unspecified atom stereocenters. The fourth-order valence-corrected chi connectivity index (χ4v) is 3.07. The minimum Gasteiger partial charge on any atom is -0.448 e. The highest BCUT2D eigenvalue weighted by Crippen LogP contribution is 2.32. The maximum absolute atomic E-state index is 12.7. The zero-order valence-corrected chi connectivity index (χ0v) is 11.0. The monoisotopic (exact) mass is 274 g/mol.